The minimum absolute atomic E-state index is 0.0555. The zero-order valence-electron chi connectivity index (χ0n) is 23.9. The van der Waals surface area contributed by atoms with Gasteiger partial charge in [0, 0.05) is 17.1 Å². The summed E-state index contributed by atoms with van der Waals surface area (Å²) in [5.41, 5.74) is 2.29. The lowest BCUT2D eigenvalue weighted by atomic mass is 10.0. The second-order valence-electron chi connectivity index (χ2n) is 10.9. The van der Waals surface area contributed by atoms with Gasteiger partial charge in [0.25, 0.3) is 10.0 Å². The highest BCUT2D eigenvalue weighted by molar-refractivity contribution is 7.92. The first-order valence-electron chi connectivity index (χ1n) is 13.2. The van der Waals surface area contributed by atoms with Crippen molar-refractivity contribution in [1.29, 1.82) is 0 Å². The van der Waals surface area contributed by atoms with Crippen LogP contribution in [0, 0.1) is 13.8 Å². The van der Waals surface area contributed by atoms with Crippen LogP contribution >= 0.6 is 11.6 Å². The molecule has 0 aliphatic heterocycles. The van der Waals surface area contributed by atoms with Gasteiger partial charge in [-0.15, -0.1) is 0 Å². The van der Waals surface area contributed by atoms with Crippen molar-refractivity contribution in [1.82, 2.24) is 10.2 Å². The van der Waals surface area contributed by atoms with Gasteiger partial charge in [-0.05, 0) is 82.5 Å². The molecule has 0 aromatic heterocycles. The third kappa shape index (κ3) is 7.86. The van der Waals surface area contributed by atoms with Gasteiger partial charge in [-0.25, -0.2) is 8.42 Å². The number of amides is 2. The molecule has 0 saturated carbocycles. The minimum Gasteiger partial charge on any atom is -0.350 e. The summed E-state index contributed by atoms with van der Waals surface area (Å²) in [6, 6.07) is 19.7. The van der Waals surface area contributed by atoms with Gasteiger partial charge < -0.3 is 10.2 Å². The third-order valence-electron chi connectivity index (χ3n) is 6.36. The van der Waals surface area contributed by atoms with Crippen molar-refractivity contribution < 1.29 is 18.0 Å². The second-order valence-corrected chi connectivity index (χ2v) is 13.2. The Kier molecular flexibility index (Phi) is 10.0. The molecule has 0 fully saturated rings. The van der Waals surface area contributed by atoms with Crippen LogP contribution in [0.25, 0.3) is 0 Å². The van der Waals surface area contributed by atoms with Crippen LogP contribution in [0.5, 0.6) is 0 Å². The maximum atomic E-state index is 14.2. The van der Waals surface area contributed by atoms with E-state index in [4.69, 9.17) is 11.6 Å². The highest BCUT2D eigenvalue weighted by Gasteiger charge is 2.35. The Morgan fingerprint density at radius 1 is 0.950 bits per heavy atom. The van der Waals surface area contributed by atoms with E-state index in [-0.39, 0.29) is 17.3 Å². The molecule has 0 saturated heterocycles. The average molecular weight is 584 g/mol. The normalized spacial score (nSPS) is 12.5. The Morgan fingerprint density at radius 3 is 2.20 bits per heavy atom. The number of carbonyl (C=O) groups is 2. The van der Waals surface area contributed by atoms with Crippen molar-refractivity contribution in [2.24, 2.45) is 0 Å². The van der Waals surface area contributed by atoms with Crippen LogP contribution in [0.15, 0.2) is 77.7 Å². The molecule has 214 valence electrons. The number of hydrogen-bond donors (Lipinski definition) is 1. The Morgan fingerprint density at radius 2 is 1.62 bits per heavy atom. The monoisotopic (exact) mass is 583 g/mol. The SMILES string of the molecule is CC[C@H](C(=O)NC(C)(C)C)N(Cc1cccc(C)c1)C(=O)CN(c1ccc(Cl)cc1C)S(=O)(=O)c1ccccc1. The zero-order valence-corrected chi connectivity index (χ0v) is 25.5. The van der Waals surface area contributed by atoms with Gasteiger partial charge >= 0.3 is 0 Å². The summed E-state index contributed by atoms with van der Waals surface area (Å²) >= 11 is 6.17. The Hall–Kier alpha value is -3.36. The van der Waals surface area contributed by atoms with Crippen LogP contribution in [-0.2, 0) is 26.2 Å². The Labute approximate surface area is 243 Å². The number of rotatable bonds is 10. The van der Waals surface area contributed by atoms with Crippen molar-refractivity contribution in [2.75, 3.05) is 10.8 Å². The lowest BCUT2D eigenvalue weighted by molar-refractivity contribution is -0.141. The van der Waals surface area contributed by atoms with Gasteiger partial charge in [0.15, 0.2) is 0 Å². The molecule has 0 spiro atoms. The first-order valence-corrected chi connectivity index (χ1v) is 15.1. The molecule has 1 atom stereocenters. The lowest BCUT2D eigenvalue weighted by Crippen LogP contribution is -2.55. The maximum absolute atomic E-state index is 14.2. The molecule has 3 rings (SSSR count). The van der Waals surface area contributed by atoms with Gasteiger partial charge in [-0.2, -0.15) is 0 Å². The molecule has 40 heavy (non-hydrogen) atoms. The fraction of sp³-hybridized carbons (Fsp3) is 0.355. The van der Waals surface area contributed by atoms with E-state index in [0.29, 0.717) is 22.7 Å². The van der Waals surface area contributed by atoms with Crippen LogP contribution in [0.2, 0.25) is 5.02 Å². The van der Waals surface area contributed by atoms with Gasteiger partial charge in [0.05, 0.1) is 10.6 Å². The largest absolute Gasteiger partial charge is 0.350 e. The summed E-state index contributed by atoms with van der Waals surface area (Å²) in [7, 11) is -4.14. The molecule has 0 aliphatic carbocycles. The fourth-order valence-corrected chi connectivity index (χ4v) is 6.24. The molecule has 3 aromatic carbocycles. The van der Waals surface area contributed by atoms with Crippen LogP contribution < -0.4 is 9.62 Å². The molecular formula is C31H38ClN3O4S. The number of aryl methyl sites for hydroxylation is 2. The van der Waals surface area contributed by atoms with Crippen LogP contribution in [0.1, 0.15) is 50.8 Å². The summed E-state index contributed by atoms with van der Waals surface area (Å²) in [6.45, 7) is 10.8. The molecule has 2 amide bonds. The van der Waals surface area contributed by atoms with Crippen molar-refractivity contribution in [3.63, 3.8) is 0 Å². The molecule has 0 heterocycles. The molecule has 1 N–H and O–H groups in total. The van der Waals surface area contributed by atoms with E-state index in [0.717, 1.165) is 15.4 Å². The first kappa shape index (κ1) is 31.2. The van der Waals surface area contributed by atoms with Gasteiger partial charge in [-0.1, -0.05) is 66.6 Å². The van der Waals surface area contributed by atoms with E-state index in [1.54, 1.807) is 43.3 Å². The third-order valence-corrected chi connectivity index (χ3v) is 8.37. The number of carbonyl (C=O) groups excluding carboxylic acids is 2. The highest BCUT2D eigenvalue weighted by Crippen LogP contribution is 2.29. The Balaban J connectivity index is 2.10. The standard InChI is InChI=1S/C31H38ClN3O4S/c1-7-27(30(37)33-31(4,5)6)34(20-24-13-11-12-22(2)18-24)29(36)21-35(28-17-16-25(32)19-23(28)3)40(38,39)26-14-9-8-10-15-26/h8-19,27H,7,20-21H2,1-6H3,(H,33,37)/t27-/m1/s1. The summed E-state index contributed by atoms with van der Waals surface area (Å²) < 4.78 is 29.0. The minimum atomic E-state index is -4.14. The highest BCUT2D eigenvalue weighted by atomic mass is 35.5. The summed E-state index contributed by atoms with van der Waals surface area (Å²) in [5.74, 6) is -0.789. The van der Waals surface area contributed by atoms with Crippen molar-refractivity contribution in [3.05, 3.63) is 94.5 Å². The van der Waals surface area contributed by atoms with E-state index in [9.17, 15) is 18.0 Å². The van der Waals surface area contributed by atoms with Gasteiger partial charge in [0.2, 0.25) is 11.8 Å². The van der Waals surface area contributed by atoms with Crippen LogP contribution in [0.4, 0.5) is 5.69 Å². The predicted molar refractivity (Wildman–Crippen MR) is 161 cm³/mol. The number of halogens is 1. The van der Waals surface area contributed by atoms with E-state index < -0.39 is 34.1 Å². The van der Waals surface area contributed by atoms with Crippen molar-refractivity contribution in [3.8, 4) is 0 Å². The van der Waals surface area contributed by atoms with Gasteiger partial charge in [0.1, 0.15) is 12.6 Å². The summed E-state index contributed by atoms with van der Waals surface area (Å²) in [4.78, 5) is 29.1. The number of benzene rings is 3. The van der Waals surface area contributed by atoms with Crippen LogP contribution in [-0.4, -0.2) is 43.3 Å². The first-order chi connectivity index (χ1) is 18.7. The van der Waals surface area contributed by atoms with E-state index in [2.05, 4.69) is 5.32 Å². The number of anilines is 1. The number of hydrogen-bond acceptors (Lipinski definition) is 4. The molecule has 0 unspecified atom stereocenters. The molecule has 0 radical (unpaired) electrons. The zero-order chi connectivity index (χ0) is 29.7. The molecular weight excluding hydrogens is 546 g/mol. The molecule has 0 bridgehead atoms. The number of sulfonamides is 1. The van der Waals surface area contributed by atoms with Crippen LogP contribution in [0.3, 0.4) is 0 Å². The molecule has 0 aliphatic rings. The molecule has 9 heteroatoms. The predicted octanol–water partition coefficient (Wildman–Crippen LogP) is 5.87. The molecule has 3 aromatic rings. The smallest absolute Gasteiger partial charge is 0.264 e. The van der Waals surface area contributed by atoms with Crippen molar-refractivity contribution in [2.45, 2.75) is 71.0 Å². The van der Waals surface area contributed by atoms with E-state index >= 15 is 0 Å². The fourth-order valence-electron chi connectivity index (χ4n) is 4.51. The van der Waals surface area contributed by atoms with E-state index in [1.807, 2.05) is 58.9 Å². The maximum Gasteiger partial charge on any atom is 0.264 e. The second kappa shape index (κ2) is 12.9. The quantitative estimate of drug-likeness (QED) is 0.323. The number of nitrogens with one attached hydrogen (secondary N) is 1. The molecule has 7 nitrogen and oxygen atoms in total. The van der Waals surface area contributed by atoms with E-state index in [1.165, 1.54) is 17.0 Å². The van der Waals surface area contributed by atoms with Crippen molar-refractivity contribution >= 4 is 39.1 Å². The Bertz CT molecular complexity index is 1450. The average Bonchev–Trinajstić information content (AvgIpc) is 2.87. The lowest BCUT2D eigenvalue weighted by Gasteiger charge is -2.35. The summed E-state index contributed by atoms with van der Waals surface area (Å²) in [5, 5.41) is 3.43. The summed E-state index contributed by atoms with van der Waals surface area (Å²) in [6.07, 6.45) is 0.352. The topological polar surface area (TPSA) is 86.8 Å². The van der Waals surface area contributed by atoms with Gasteiger partial charge in [-0.3, -0.25) is 13.9 Å². The number of nitrogens with zero attached hydrogens (tertiary/aromatic N) is 2.